The maximum Gasteiger partial charge on any atom is 0.335 e. The zero-order valence-electron chi connectivity index (χ0n) is 13.7. The monoisotopic (exact) mass is 374 g/mol. The van der Waals surface area contributed by atoms with Gasteiger partial charge in [0.25, 0.3) is 0 Å². The summed E-state index contributed by atoms with van der Waals surface area (Å²) in [5.41, 5.74) is 0.583. The molecule has 1 aliphatic carbocycles. The highest BCUT2D eigenvalue weighted by Crippen LogP contribution is 2.44. The van der Waals surface area contributed by atoms with Gasteiger partial charge in [0.2, 0.25) is 6.29 Å². The van der Waals surface area contributed by atoms with E-state index in [0.717, 1.165) is 6.26 Å². The van der Waals surface area contributed by atoms with Crippen molar-refractivity contribution in [3.8, 4) is 0 Å². The molecule has 6 N–H and O–H groups in total. The van der Waals surface area contributed by atoms with Crippen LogP contribution in [0.15, 0.2) is 23.5 Å². The van der Waals surface area contributed by atoms with Crippen molar-refractivity contribution >= 4 is 5.97 Å². The lowest BCUT2D eigenvalue weighted by Gasteiger charge is -2.42. The molecule has 10 heteroatoms. The van der Waals surface area contributed by atoms with Crippen LogP contribution in [0.2, 0.25) is 0 Å². The van der Waals surface area contributed by atoms with E-state index in [4.69, 9.17) is 14.2 Å². The predicted octanol–water partition coefficient (Wildman–Crippen LogP) is -2.32. The summed E-state index contributed by atoms with van der Waals surface area (Å²) < 4.78 is 16.3. The summed E-state index contributed by atoms with van der Waals surface area (Å²) in [5, 5.41) is 57.8. The Kier molecular flexibility index (Phi) is 5.63. The molecule has 2 aliphatic heterocycles. The first-order chi connectivity index (χ1) is 12.4. The lowest BCUT2D eigenvalue weighted by molar-refractivity contribution is -0.339. The van der Waals surface area contributed by atoms with Crippen molar-refractivity contribution in [2.24, 2.45) is 11.8 Å². The number of ether oxygens (including phenoxy) is 3. The van der Waals surface area contributed by atoms with E-state index in [2.05, 4.69) is 0 Å². The van der Waals surface area contributed by atoms with E-state index >= 15 is 0 Å². The van der Waals surface area contributed by atoms with Gasteiger partial charge >= 0.3 is 5.97 Å². The van der Waals surface area contributed by atoms with E-state index in [9.17, 15) is 35.4 Å². The van der Waals surface area contributed by atoms with Gasteiger partial charge in [0, 0.05) is 5.92 Å². The summed E-state index contributed by atoms with van der Waals surface area (Å²) in [6.07, 6.45) is -5.21. The number of aliphatic carboxylic acids is 1. The number of hydrogen-bond donors (Lipinski definition) is 6. The zero-order valence-corrected chi connectivity index (χ0v) is 13.7. The van der Waals surface area contributed by atoms with Crippen LogP contribution in [0.5, 0.6) is 0 Å². The topological polar surface area (TPSA) is 166 Å². The van der Waals surface area contributed by atoms with Gasteiger partial charge in [-0.1, -0.05) is 6.08 Å². The lowest BCUT2D eigenvalue weighted by Crippen LogP contribution is -2.60. The molecule has 0 aromatic carbocycles. The van der Waals surface area contributed by atoms with Crippen molar-refractivity contribution in [2.75, 3.05) is 13.2 Å². The number of rotatable bonds is 5. The highest BCUT2D eigenvalue weighted by Gasteiger charge is 2.49. The lowest BCUT2D eigenvalue weighted by atomic mass is 9.83. The van der Waals surface area contributed by atoms with Crippen LogP contribution < -0.4 is 0 Å². The number of aliphatic hydroxyl groups excluding tert-OH is 5. The fourth-order valence-corrected chi connectivity index (χ4v) is 3.62. The molecule has 0 aromatic rings. The Hall–Kier alpha value is -1.53. The van der Waals surface area contributed by atoms with Gasteiger partial charge in [0.1, 0.15) is 24.4 Å². The average Bonchev–Trinajstić information content (AvgIpc) is 3.06. The third-order valence-corrected chi connectivity index (χ3v) is 5.06. The van der Waals surface area contributed by atoms with Crippen LogP contribution in [0.4, 0.5) is 0 Å². The van der Waals surface area contributed by atoms with Crippen LogP contribution in [0, 0.1) is 11.8 Å². The SMILES string of the molecule is O=C(O)C1=CO[C@@H](OC2O[C@H](CO)[C@H](O)[C@H](O)[C@H]2O)[C@@H]2C(CO)=CC[C@H]12. The molecule has 3 aliphatic rings. The molecular formula is C16H22O10. The molecule has 0 radical (unpaired) electrons. The van der Waals surface area contributed by atoms with Crippen molar-refractivity contribution in [3.63, 3.8) is 0 Å². The highest BCUT2D eigenvalue weighted by molar-refractivity contribution is 5.87. The molecule has 2 heterocycles. The zero-order chi connectivity index (χ0) is 19.0. The van der Waals surface area contributed by atoms with Crippen molar-refractivity contribution in [2.45, 2.75) is 43.4 Å². The molecule has 1 saturated heterocycles. The van der Waals surface area contributed by atoms with Gasteiger partial charge in [0.15, 0.2) is 6.29 Å². The summed E-state index contributed by atoms with van der Waals surface area (Å²) in [6.45, 7) is -0.917. The first-order valence-corrected chi connectivity index (χ1v) is 8.23. The molecule has 10 nitrogen and oxygen atoms in total. The van der Waals surface area contributed by atoms with Crippen LogP contribution in [-0.2, 0) is 19.0 Å². The van der Waals surface area contributed by atoms with Crippen molar-refractivity contribution in [3.05, 3.63) is 23.5 Å². The third kappa shape index (κ3) is 3.25. The fraction of sp³-hybridized carbons (Fsp3) is 0.688. The number of allylic oxidation sites excluding steroid dienone is 1. The maximum absolute atomic E-state index is 11.4. The molecule has 0 saturated carbocycles. The van der Waals surface area contributed by atoms with E-state index < -0.39 is 61.4 Å². The molecule has 1 fully saturated rings. The number of carboxylic acid groups (broad SMARTS) is 1. The number of hydrogen-bond acceptors (Lipinski definition) is 9. The maximum atomic E-state index is 11.4. The number of carboxylic acids is 1. The second-order valence-corrected chi connectivity index (χ2v) is 6.52. The predicted molar refractivity (Wildman–Crippen MR) is 82.2 cm³/mol. The number of fused-ring (bicyclic) bond motifs is 1. The van der Waals surface area contributed by atoms with Crippen LogP contribution in [0.1, 0.15) is 6.42 Å². The molecular weight excluding hydrogens is 352 g/mol. The van der Waals surface area contributed by atoms with E-state index in [0.29, 0.717) is 12.0 Å². The molecule has 26 heavy (non-hydrogen) atoms. The second-order valence-electron chi connectivity index (χ2n) is 6.52. The molecule has 0 spiro atoms. The molecule has 146 valence electrons. The first kappa shape index (κ1) is 19.2. The van der Waals surface area contributed by atoms with Gasteiger partial charge in [-0.3, -0.25) is 0 Å². The summed E-state index contributed by atoms with van der Waals surface area (Å²) >= 11 is 0. The third-order valence-electron chi connectivity index (χ3n) is 5.06. The van der Waals surface area contributed by atoms with Crippen LogP contribution in [0.25, 0.3) is 0 Å². The van der Waals surface area contributed by atoms with Crippen LogP contribution >= 0.6 is 0 Å². The molecule has 0 amide bonds. The van der Waals surface area contributed by atoms with Crippen molar-refractivity contribution in [1.82, 2.24) is 0 Å². The Morgan fingerprint density at radius 2 is 1.88 bits per heavy atom. The summed E-state index contributed by atoms with van der Waals surface area (Å²) in [4.78, 5) is 11.4. The quantitative estimate of drug-likeness (QED) is 0.288. The Morgan fingerprint density at radius 3 is 2.50 bits per heavy atom. The molecule has 0 aromatic heterocycles. The Balaban J connectivity index is 1.80. The summed E-state index contributed by atoms with van der Waals surface area (Å²) in [7, 11) is 0. The number of aliphatic hydroxyl groups is 5. The Bertz CT molecular complexity index is 600. The van der Waals surface area contributed by atoms with Crippen LogP contribution in [-0.4, -0.2) is 86.8 Å². The molecule has 1 unspecified atom stereocenters. The fourth-order valence-electron chi connectivity index (χ4n) is 3.62. The minimum absolute atomic E-state index is 0.0448. The van der Waals surface area contributed by atoms with E-state index in [1.54, 1.807) is 6.08 Å². The van der Waals surface area contributed by atoms with Crippen molar-refractivity contribution in [1.29, 1.82) is 0 Å². The Labute approximate surface area is 148 Å². The standard InChI is InChI=1S/C16H22O10/c17-3-6-1-2-7-8(14(22)23)5-24-15(10(6)7)26-16-13(21)12(20)11(19)9(4-18)25-16/h1,5,7,9-13,15-21H,2-4H2,(H,22,23)/t7-,9-,10-,11+,12+,13-,15+,16?/m1/s1. The first-order valence-electron chi connectivity index (χ1n) is 8.23. The Morgan fingerprint density at radius 1 is 1.15 bits per heavy atom. The smallest absolute Gasteiger partial charge is 0.335 e. The summed E-state index contributed by atoms with van der Waals surface area (Å²) in [6, 6.07) is 0. The van der Waals surface area contributed by atoms with E-state index in [1.807, 2.05) is 0 Å². The molecule has 8 atom stereocenters. The molecule has 3 rings (SSSR count). The minimum atomic E-state index is -1.61. The van der Waals surface area contributed by atoms with Gasteiger partial charge in [-0.2, -0.15) is 0 Å². The van der Waals surface area contributed by atoms with Gasteiger partial charge in [-0.25, -0.2) is 4.79 Å². The minimum Gasteiger partial charge on any atom is -0.478 e. The molecule has 0 bridgehead atoms. The summed E-state index contributed by atoms with van der Waals surface area (Å²) in [5.74, 6) is -2.22. The van der Waals surface area contributed by atoms with Gasteiger partial charge in [0.05, 0.1) is 31.0 Å². The number of carbonyl (C=O) groups is 1. The highest BCUT2D eigenvalue weighted by atomic mass is 16.8. The second kappa shape index (κ2) is 7.61. The van der Waals surface area contributed by atoms with E-state index in [1.165, 1.54) is 0 Å². The van der Waals surface area contributed by atoms with Gasteiger partial charge in [-0.15, -0.1) is 0 Å². The van der Waals surface area contributed by atoms with E-state index in [-0.39, 0.29) is 12.2 Å². The average molecular weight is 374 g/mol. The van der Waals surface area contributed by atoms with Crippen LogP contribution in [0.3, 0.4) is 0 Å². The van der Waals surface area contributed by atoms with Gasteiger partial charge < -0.3 is 44.8 Å². The van der Waals surface area contributed by atoms with Crippen molar-refractivity contribution < 1.29 is 49.6 Å². The van der Waals surface area contributed by atoms with Gasteiger partial charge in [-0.05, 0) is 12.0 Å². The normalized spacial score (nSPS) is 42.5. The largest absolute Gasteiger partial charge is 0.478 e.